The predicted octanol–water partition coefficient (Wildman–Crippen LogP) is 1.89. The van der Waals surface area contributed by atoms with Gasteiger partial charge in [-0.1, -0.05) is 13.8 Å². The lowest BCUT2D eigenvalue weighted by molar-refractivity contribution is -0.0843. The van der Waals surface area contributed by atoms with Crippen molar-refractivity contribution in [2.24, 2.45) is 5.92 Å². The number of nitrogens with one attached hydrogen (secondary N) is 1. The highest BCUT2D eigenvalue weighted by atomic mass is 16.6. The number of carbonyl (C=O) groups is 1. The van der Waals surface area contributed by atoms with Crippen molar-refractivity contribution in [3.8, 4) is 0 Å². The van der Waals surface area contributed by atoms with Crippen molar-refractivity contribution in [1.29, 1.82) is 0 Å². The molecular formula is C14H21N3O3. The van der Waals surface area contributed by atoms with Gasteiger partial charge in [-0.2, -0.15) is 0 Å². The maximum absolute atomic E-state index is 12.3. The van der Waals surface area contributed by atoms with Gasteiger partial charge in [0, 0.05) is 31.7 Å². The fourth-order valence-electron chi connectivity index (χ4n) is 2.85. The monoisotopic (exact) mass is 279 g/mol. The number of H-pyrrole nitrogens is 1. The van der Waals surface area contributed by atoms with Crippen molar-refractivity contribution in [2.75, 3.05) is 19.8 Å². The second-order valence-electron chi connectivity index (χ2n) is 5.76. The minimum absolute atomic E-state index is 0.0141. The molecule has 3 rings (SSSR count). The highest BCUT2D eigenvalue weighted by molar-refractivity contribution is 5.68. The normalized spacial score (nSPS) is 25.2. The number of hydrogen-bond acceptors (Lipinski definition) is 4. The Labute approximate surface area is 118 Å². The van der Waals surface area contributed by atoms with Crippen molar-refractivity contribution >= 4 is 6.09 Å². The summed E-state index contributed by atoms with van der Waals surface area (Å²) in [6, 6.07) is -0.0141. The maximum atomic E-state index is 12.3. The first kappa shape index (κ1) is 13.4. The van der Waals surface area contributed by atoms with Crippen LogP contribution in [0.5, 0.6) is 0 Å². The van der Waals surface area contributed by atoms with Gasteiger partial charge in [0.25, 0.3) is 0 Å². The van der Waals surface area contributed by atoms with Crippen LogP contribution in [0.1, 0.15) is 37.7 Å². The molecule has 0 saturated carbocycles. The second-order valence-corrected chi connectivity index (χ2v) is 5.76. The summed E-state index contributed by atoms with van der Waals surface area (Å²) in [5.41, 5.74) is 2.11. The first-order chi connectivity index (χ1) is 9.66. The molecule has 2 aliphatic rings. The molecule has 0 aliphatic carbocycles. The third kappa shape index (κ3) is 2.40. The molecule has 3 heterocycles. The lowest BCUT2D eigenvalue weighted by Crippen LogP contribution is -2.44. The first-order valence-corrected chi connectivity index (χ1v) is 7.24. The Morgan fingerprint density at radius 2 is 2.45 bits per heavy atom. The summed E-state index contributed by atoms with van der Waals surface area (Å²) in [5, 5.41) is 0. The zero-order valence-electron chi connectivity index (χ0n) is 12.0. The van der Waals surface area contributed by atoms with Crippen molar-refractivity contribution in [3.63, 3.8) is 0 Å². The Bertz CT molecular complexity index is 482. The van der Waals surface area contributed by atoms with Crippen LogP contribution < -0.4 is 0 Å². The van der Waals surface area contributed by atoms with Gasteiger partial charge in [0.15, 0.2) is 0 Å². The SMILES string of the molecule is CC(C)C1c2nc[nH]c2CCN1C(=O)OCC1CCO1. The largest absolute Gasteiger partial charge is 0.447 e. The molecule has 2 atom stereocenters. The Morgan fingerprint density at radius 1 is 1.65 bits per heavy atom. The van der Waals surface area contributed by atoms with Crippen molar-refractivity contribution in [3.05, 3.63) is 17.7 Å². The van der Waals surface area contributed by atoms with Gasteiger partial charge in [0.2, 0.25) is 0 Å². The number of aromatic amines is 1. The van der Waals surface area contributed by atoms with Crippen molar-refractivity contribution in [2.45, 2.75) is 38.8 Å². The van der Waals surface area contributed by atoms with Crippen LogP contribution in [0.3, 0.4) is 0 Å². The van der Waals surface area contributed by atoms with E-state index >= 15 is 0 Å². The van der Waals surface area contributed by atoms with E-state index in [0.717, 1.165) is 30.8 Å². The minimum atomic E-state index is -0.257. The summed E-state index contributed by atoms with van der Waals surface area (Å²) in [4.78, 5) is 21.6. The van der Waals surface area contributed by atoms with Gasteiger partial charge in [-0.25, -0.2) is 9.78 Å². The summed E-state index contributed by atoms with van der Waals surface area (Å²) < 4.78 is 10.7. The van der Waals surface area contributed by atoms with E-state index in [9.17, 15) is 4.79 Å². The molecule has 1 amide bonds. The van der Waals surface area contributed by atoms with Gasteiger partial charge in [-0.15, -0.1) is 0 Å². The molecule has 0 spiro atoms. The van der Waals surface area contributed by atoms with Crippen molar-refractivity contribution in [1.82, 2.24) is 14.9 Å². The Hall–Kier alpha value is -1.56. The minimum Gasteiger partial charge on any atom is -0.447 e. The second kappa shape index (κ2) is 5.44. The van der Waals surface area contributed by atoms with E-state index in [-0.39, 0.29) is 18.2 Å². The summed E-state index contributed by atoms with van der Waals surface area (Å²) in [5.74, 6) is 0.296. The molecule has 1 aromatic rings. The molecule has 1 N–H and O–H groups in total. The molecule has 0 aromatic carbocycles. The van der Waals surface area contributed by atoms with E-state index in [2.05, 4.69) is 23.8 Å². The molecule has 0 radical (unpaired) electrons. The number of nitrogens with zero attached hydrogens (tertiary/aromatic N) is 2. The topological polar surface area (TPSA) is 67.5 Å². The Morgan fingerprint density at radius 3 is 3.10 bits per heavy atom. The Kier molecular flexibility index (Phi) is 3.65. The van der Waals surface area contributed by atoms with Crippen LogP contribution in [0.15, 0.2) is 6.33 Å². The number of carbonyl (C=O) groups excluding carboxylic acids is 1. The smallest absolute Gasteiger partial charge is 0.410 e. The van der Waals surface area contributed by atoms with Gasteiger partial charge in [-0.05, 0) is 5.92 Å². The van der Waals surface area contributed by atoms with Gasteiger partial charge < -0.3 is 14.5 Å². The van der Waals surface area contributed by atoms with Crippen LogP contribution in [0.25, 0.3) is 0 Å². The molecule has 1 saturated heterocycles. The number of amides is 1. The summed E-state index contributed by atoms with van der Waals surface area (Å²) in [7, 11) is 0. The summed E-state index contributed by atoms with van der Waals surface area (Å²) in [6.45, 7) is 6.00. The van der Waals surface area contributed by atoms with E-state index < -0.39 is 0 Å². The molecule has 0 bridgehead atoms. The van der Waals surface area contributed by atoms with Crippen LogP contribution in [0.2, 0.25) is 0 Å². The van der Waals surface area contributed by atoms with Gasteiger partial charge >= 0.3 is 6.09 Å². The van der Waals surface area contributed by atoms with Gasteiger partial charge in [0.05, 0.1) is 24.2 Å². The lowest BCUT2D eigenvalue weighted by atomic mass is 9.94. The van der Waals surface area contributed by atoms with E-state index in [1.807, 2.05) is 0 Å². The predicted molar refractivity (Wildman–Crippen MR) is 72.3 cm³/mol. The van der Waals surface area contributed by atoms with E-state index in [4.69, 9.17) is 9.47 Å². The summed E-state index contributed by atoms with van der Waals surface area (Å²) in [6.07, 6.45) is 3.31. The fourth-order valence-corrected chi connectivity index (χ4v) is 2.85. The molecule has 110 valence electrons. The number of fused-ring (bicyclic) bond motifs is 1. The average Bonchev–Trinajstić information content (AvgIpc) is 2.83. The number of imidazole rings is 1. The Balaban J connectivity index is 1.69. The summed E-state index contributed by atoms with van der Waals surface area (Å²) >= 11 is 0. The fraction of sp³-hybridized carbons (Fsp3) is 0.714. The van der Waals surface area contributed by atoms with Crippen molar-refractivity contribution < 1.29 is 14.3 Å². The molecule has 1 aromatic heterocycles. The molecule has 6 heteroatoms. The van der Waals surface area contributed by atoms with Crippen LogP contribution in [0, 0.1) is 5.92 Å². The quantitative estimate of drug-likeness (QED) is 0.917. The van der Waals surface area contributed by atoms with Crippen LogP contribution in [-0.4, -0.2) is 46.8 Å². The number of aromatic nitrogens is 2. The van der Waals surface area contributed by atoms with Gasteiger partial charge in [0.1, 0.15) is 6.61 Å². The number of ether oxygens (including phenoxy) is 2. The molecule has 2 aliphatic heterocycles. The standard InChI is InChI=1S/C14H21N3O3/c1-9(2)13-12-11(15-8-16-12)3-5-17(13)14(18)20-7-10-4-6-19-10/h8-10,13H,3-7H2,1-2H3,(H,15,16). The third-order valence-corrected chi connectivity index (χ3v) is 4.02. The van der Waals surface area contributed by atoms with E-state index in [1.165, 1.54) is 0 Å². The molecule has 1 fully saturated rings. The van der Waals surface area contributed by atoms with E-state index in [0.29, 0.717) is 19.1 Å². The molecule has 6 nitrogen and oxygen atoms in total. The molecule has 20 heavy (non-hydrogen) atoms. The van der Waals surface area contributed by atoms with Crippen LogP contribution >= 0.6 is 0 Å². The van der Waals surface area contributed by atoms with Crippen LogP contribution in [0.4, 0.5) is 4.79 Å². The zero-order valence-corrected chi connectivity index (χ0v) is 12.0. The molecule has 2 unspecified atom stereocenters. The number of hydrogen-bond donors (Lipinski definition) is 1. The average molecular weight is 279 g/mol. The lowest BCUT2D eigenvalue weighted by Gasteiger charge is -2.37. The highest BCUT2D eigenvalue weighted by Gasteiger charge is 2.36. The third-order valence-electron chi connectivity index (χ3n) is 4.02. The highest BCUT2D eigenvalue weighted by Crippen LogP contribution is 2.33. The van der Waals surface area contributed by atoms with E-state index in [1.54, 1.807) is 11.2 Å². The van der Waals surface area contributed by atoms with Gasteiger partial charge in [-0.3, -0.25) is 4.90 Å². The molecular weight excluding hydrogens is 258 g/mol. The zero-order chi connectivity index (χ0) is 14.1. The van der Waals surface area contributed by atoms with Crippen LogP contribution in [-0.2, 0) is 15.9 Å². The maximum Gasteiger partial charge on any atom is 0.410 e. The first-order valence-electron chi connectivity index (χ1n) is 7.24. The number of rotatable bonds is 3.